The average molecular weight is 282 g/mol. The molecule has 1 atom stereocenters. The van der Waals surface area contributed by atoms with Crippen LogP contribution in [0.2, 0.25) is 0 Å². The van der Waals surface area contributed by atoms with E-state index in [1.807, 2.05) is 6.26 Å². The lowest BCUT2D eigenvalue weighted by molar-refractivity contribution is -0.386. The number of quaternary nitrogens is 1. The number of benzene rings is 1. The van der Waals surface area contributed by atoms with Crippen LogP contribution in [0.3, 0.4) is 0 Å². The first kappa shape index (κ1) is 15.5. The van der Waals surface area contributed by atoms with Gasteiger partial charge in [0.1, 0.15) is 0 Å². The molecule has 4 N–H and O–H groups in total. The van der Waals surface area contributed by atoms with Gasteiger partial charge in [-0.1, -0.05) is 12.1 Å². The summed E-state index contributed by atoms with van der Waals surface area (Å²) in [7, 11) is 0. The number of carboxylic acid groups (broad SMARTS) is 1. The molecule has 6 heteroatoms. The number of thioether (sulfide) groups is 1. The lowest BCUT2D eigenvalue weighted by Gasteiger charge is -2.19. The van der Waals surface area contributed by atoms with Crippen LogP contribution in [0, 0.1) is 0 Å². The van der Waals surface area contributed by atoms with Crippen molar-refractivity contribution in [2.75, 3.05) is 12.0 Å². The zero-order valence-corrected chi connectivity index (χ0v) is 11.7. The van der Waals surface area contributed by atoms with E-state index in [0.717, 1.165) is 5.56 Å². The smallest absolute Gasteiger partial charge is 0.251 e. The molecular weight excluding hydrogens is 264 g/mol. The van der Waals surface area contributed by atoms with Crippen LogP contribution in [0.4, 0.5) is 0 Å². The van der Waals surface area contributed by atoms with E-state index >= 15 is 0 Å². The Morgan fingerprint density at radius 1 is 1.37 bits per heavy atom. The highest BCUT2D eigenvalue weighted by Gasteiger charge is 2.14. The van der Waals surface area contributed by atoms with Gasteiger partial charge in [0, 0.05) is 11.1 Å². The molecule has 0 saturated heterocycles. The van der Waals surface area contributed by atoms with Crippen LogP contribution in [-0.2, 0) is 11.3 Å². The number of hydrogen-bond donors (Lipinski definition) is 2. The van der Waals surface area contributed by atoms with E-state index in [0.29, 0.717) is 24.3 Å². The van der Waals surface area contributed by atoms with E-state index in [1.54, 1.807) is 24.3 Å². The van der Waals surface area contributed by atoms with Gasteiger partial charge in [0.15, 0.2) is 0 Å². The second-order valence-electron chi connectivity index (χ2n) is 4.07. The number of rotatable bonds is 7. The van der Waals surface area contributed by atoms with Gasteiger partial charge in [-0.15, -0.1) is 0 Å². The van der Waals surface area contributed by atoms with Crippen molar-refractivity contribution >= 4 is 23.6 Å². The van der Waals surface area contributed by atoms with Gasteiger partial charge in [0.25, 0.3) is 5.91 Å². The van der Waals surface area contributed by atoms with E-state index in [1.165, 1.54) is 11.8 Å². The summed E-state index contributed by atoms with van der Waals surface area (Å²) < 4.78 is 0. The van der Waals surface area contributed by atoms with Gasteiger partial charge in [0.2, 0.25) is 0 Å². The van der Waals surface area contributed by atoms with Gasteiger partial charge in [0.05, 0.1) is 18.6 Å². The maximum Gasteiger partial charge on any atom is 0.251 e. The molecule has 0 aromatic heterocycles. The number of carbonyl (C=O) groups excluding carboxylic acids is 2. The molecule has 0 heterocycles. The summed E-state index contributed by atoms with van der Waals surface area (Å²) in [5.74, 6) is -0.998. The third-order valence-corrected chi connectivity index (χ3v) is 3.35. The standard InChI is InChI=1S/C13H18N2O3S/c1-19-7-6-11(13(17)18)15-12(16)10-4-2-9(8-14)3-5-10/h2-5,11H,6-8,14H2,1H3,(H,15,16)(H,17,18)/t11-/m0/s1. The minimum absolute atomic E-state index is 0.353. The van der Waals surface area contributed by atoms with Gasteiger partial charge in [-0.05, 0) is 30.6 Å². The molecule has 0 aliphatic rings. The molecule has 5 nitrogen and oxygen atoms in total. The summed E-state index contributed by atoms with van der Waals surface area (Å²) in [5.41, 5.74) is 5.21. The average Bonchev–Trinajstić information content (AvgIpc) is 2.43. The minimum atomic E-state index is -1.25. The maximum atomic E-state index is 11.9. The van der Waals surface area contributed by atoms with Crippen LogP contribution in [0.15, 0.2) is 24.3 Å². The van der Waals surface area contributed by atoms with Crippen LogP contribution in [0.25, 0.3) is 0 Å². The third-order valence-electron chi connectivity index (χ3n) is 2.71. The van der Waals surface area contributed by atoms with Crippen molar-refractivity contribution in [3.8, 4) is 0 Å². The van der Waals surface area contributed by atoms with E-state index in [-0.39, 0.29) is 0 Å². The number of carboxylic acids is 1. The normalized spacial score (nSPS) is 11.9. The first-order chi connectivity index (χ1) is 9.08. The van der Waals surface area contributed by atoms with Crippen molar-refractivity contribution in [2.45, 2.75) is 19.0 Å². The summed E-state index contributed by atoms with van der Waals surface area (Å²) in [5, 5.41) is 13.4. The predicted octanol–water partition coefficient (Wildman–Crippen LogP) is -0.970. The monoisotopic (exact) mass is 282 g/mol. The fourth-order valence-corrected chi connectivity index (χ4v) is 2.02. The second kappa shape index (κ2) is 7.81. The first-order valence-electron chi connectivity index (χ1n) is 5.97. The minimum Gasteiger partial charge on any atom is -0.548 e. The number of amides is 1. The van der Waals surface area contributed by atoms with E-state index in [2.05, 4.69) is 11.1 Å². The molecular formula is C13H18N2O3S. The Labute approximate surface area is 116 Å². The Bertz CT molecular complexity index is 434. The summed E-state index contributed by atoms with van der Waals surface area (Å²) in [6.45, 7) is 0.650. The summed E-state index contributed by atoms with van der Waals surface area (Å²) in [4.78, 5) is 22.8. The van der Waals surface area contributed by atoms with E-state index < -0.39 is 17.9 Å². The molecule has 19 heavy (non-hydrogen) atoms. The molecule has 0 aliphatic carbocycles. The summed E-state index contributed by atoms with van der Waals surface area (Å²) in [6.07, 6.45) is 2.23. The molecule has 1 aromatic carbocycles. The Kier molecular flexibility index (Phi) is 6.38. The van der Waals surface area contributed by atoms with Crippen molar-refractivity contribution in [1.82, 2.24) is 5.32 Å². The summed E-state index contributed by atoms with van der Waals surface area (Å²) >= 11 is 1.53. The number of carbonyl (C=O) groups is 2. The fourth-order valence-electron chi connectivity index (χ4n) is 1.55. The lowest BCUT2D eigenvalue weighted by Crippen LogP contribution is -2.48. The zero-order valence-electron chi connectivity index (χ0n) is 10.8. The van der Waals surface area contributed by atoms with Gasteiger partial charge in [-0.25, -0.2) is 0 Å². The molecule has 1 amide bonds. The second-order valence-corrected chi connectivity index (χ2v) is 5.06. The Morgan fingerprint density at radius 2 is 2.00 bits per heavy atom. The van der Waals surface area contributed by atoms with Crippen molar-refractivity contribution in [3.05, 3.63) is 35.4 Å². The molecule has 0 fully saturated rings. The lowest BCUT2D eigenvalue weighted by atomic mass is 10.1. The van der Waals surface area contributed by atoms with Gasteiger partial charge >= 0.3 is 0 Å². The Balaban J connectivity index is 2.67. The van der Waals surface area contributed by atoms with Crippen LogP contribution in [-0.4, -0.2) is 29.9 Å². The number of hydrogen-bond acceptors (Lipinski definition) is 4. The molecule has 104 valence electrons. The first-order valence-corrected chi connectivity index (χ1v) is 7.36. The SMILES string of the molecule is CSCC[C@H](NC(=O)c1ccc(C[NH3+])cc1)C(=O)[O-]. The van der Waals surface area contributed by atoms with Crippen molar-refractivity contribution in [2.24, 2.45) is 0 Å². The van der Waals surface area contributed by atoms with Gasteiger partial charge < -0.3 is 21.0 Å². The molecule has 1 rings (SSSR count). The van der Waals surface area contributed by atoms with Crippen LogP contribution < -0.4 is 16.2 Å². The van der Waals surface area contributed by atoms with Crippen molar-refractivity contribution in [1.29, 1.82) is 0 Å². The summed E-state index contributed by atoms with van der Waals surface area (Å²) in [6, 6.07) is 5.98. The maximum absolute atomic E-state index is 11.9. The Morgan fingerprint density at radius 3 is 2.47 bits per heavy atom. The molecule has 1 aromatic rings. The van der Waals surface area contributed by atoms with E-state index in [4.69, 9.17) is 0 Å². The molecule has 0 spiro atoms. The third kappa shape index (κ3) is 4.92. The highest BCUT2D eigenvalue weighted by atomic mass is 32.2. The van der Waals surface area contributed by atoms with Crippen LogP contribution in [0.1, 0.15) is 22.3 Å². The highest BCUT2D eigenvalue weighted by molar-refractivity contribution is 7.98. The molecule has 0 saturated carbocycles. The quantitative estimate of drug-likeness (QED) is 0.672. The highest BCUT2D eigenvalue weighted by Crippen LogP contribution is 2.05. The topological polar surface area (TPSA) is 96.9 Å². The Hall–Kier alpha value is -1.53. The van der Waals surface area contributed by atoms with Crippen LogP contribution in [0.5, 0.6) is 0 Å². The largest absolute Gasteiger partial charge is 0.548 e. The van der Waals surface area contributed by atoms with Crippen LogP contribution >= 0.6 is 11.8 Å². The van der Waals surface area contributed by atoms with Crippen molar-refractivity contribution in [3.63, 3.8) is 0 Å². The van der Waals surface area contributed by atoms with Gasteiger partial charge in [-0.3, -0.25) is 4.79 Å². The van der Waals surface area contributed by atoms with E-state index in [9.17, 15) is 14.7 Å². The van der Waals surface area contributed by atoms with Gasteiger partial charge in [-0.2, -0.15) is 11.8 Å². The molecule has 0 radical (unpaired) electrons. The number of nitrogens with one attached hydrogen (secondary N) is 1. The number of aliphatic carboxylic acids is 1. The predicted molar refractivity (Wildman–Crippen MR) is 72.3 cm³/mol. The fraction of sp³-hybridized carbons (Fsp3) is 0.385. The zero-order chi connectivity index (χ0) is 14.3. The molecule has 0 unspecified atom stereocenters. The molecule has 0 bridgehead atoms. The van der Waals surface area contributed by atoms with Crippen molar-refractivity contribution < 1.29 is 20.4 Å². The molecule has 0 aliphatic heterocycles.